The van der Waals surface area contributed by atoms with Crippen LogP contribution in [0.15, 0.2) is 0 Å². The van der Waals surface area contributed by atoms with Crippen molar-refractivity contribution in [3.8, 4) is 0 Å². The molecule has 1 atom stereocenters. The predicted octanol–water partition coefficient (Wildman–Crippen LogP) is 1.18. The van der Waals surface area contributed by atoms with Crippen LogP contribution in [0.3, 0.4) is 0 Å². The highest BCUT2D eigenvalue weighted by atomic mass is 35.5. The van der Waals surface area contributed by atoms with Gasteiger partial charge in [-0.2, -0.15) is 0 Å². The highest BCUT2D eigenvalue weighted by Gasteiger charge is 2.21. The van der Waals surface area contributed by atoms with E-state index in [1.54, 1.807) is 0 Å². The Hall–Kier alpha value is -0.770. The molecule has 0 aromatic heterocycles. The van der Waals surface area contributed by atoms with Crippen LogP contribution in [0.2, 0.25) is 0 Å². The minimum absolute atomic E-state index is 0.0489. The third-order valence-corrected chi connectivity index (χ3v) is 2.93. The van der Waals surface area contributed by atoms with E-state index >= 15 is 0 Å². The van der Waals surface area contributed by atoms with E-state index in [1.165, 1.54) is 0 Å². The van der Waals surface area contributed by atoms with Gasteiger partial charge in [0.2, 0.25) is 11.8 Å². The van der Waals surface area contributed by atoms with Crippen LogP contribution >= 0.6 is 11.6 Å². The lowest BCUT2D eigenvalue weighted by Crippen LogP contribution is -2.45. The molecule has 0 aromatic rings. The van der Waals surface area contributed by atoms with Crippen LogP contribution in [-0.2, 0) is 9.59 Å². The summed E-state index contributed by atoms with van der Waals surface area (Å²) >= 11 is 5.53. The van der Waals surface area contributed by atoms with Crippen molar-refractivity contribution in [2.24, 2.45) is 0 Å². The van der Waals surface area contributed by atoms with Crippen LogP contribution in [0.5, 0.6) is 0 Å². The van der Waals surface area contributed by atoms with Gasteiger partial charge >= 0.3 is 0 Å². The first kappa shape index (κ1) is 13.3. The van der Waals surface area contributed by atoms with Crippen LogP contribution < -0.4 is 10.6 Å². The molecule has 1 rings (SSSR count). The highest BCUT2D eigenvalue weighted by Crippen LogP contribution is 2.06. The summed E-state index contributed by atoms with van der Waals surface area (Å²) in [6.07, 6.45) is 4.79. The summed E-state index contributed by atoms with van der Waals surface area (Å²) in [4.78, 5) is 23.0. The molecule has 1 aliphatic rings. The zero-order chi connectivity index (χ0) is 11.8. The van der Waals surface area contributed by atoms with Crippen LogP contribution in [0, 0.1) is 0 Å². The molecule has 5 heteroatoms. The minimum Gasteiger partial charge on any atom is -0.354 e. The van der Waals surface area contributed by atoms with Gasteiger partial charge in [-0.05, 0) is 32.1 Å². The molecule has 1 aliphatic heterocycles. The minimum atomic E-state index is -0.342. The molecule has 1 heterocycles. The summed E-state index contributed by atoms with van der Waals surface area (Å²) in [6.45, 7) is 0.720. The van der Waals surface area contributed by atoms with E-state index in [2.05, 4.69) is 10.6 Å². The Balaban J connectivity index is 2.27. The van der Waals surface area contributed by atoms with Crippen molar-refractivity contribution >= 4 is 23.4 Å². The van der Waals surface area contributed by atoms with Crippen LogP contribution in [0.1, 0.15) is 38.5 Å². The van der Waals surface area contributed by atoms with Crippen molar-refractivity contribution in [3.05, 3.63) is 0 Å². The first-order valence-electron chi connectivity index (χ1n) is 5.87. The molecule has 0 radical (unpaired) electrons. The number of rotatable bonds is 5. The van der Waals surface area contributed by atoms with Gasteiger partial charge in [-0.15, -0.1) is 11.6 Å². The summed E-state index contributed by atoms with van der Waals surface area (Å²) < 4.78 is 0. The highest BCUT2D eigenvalue weighted by molar-refractivity contribution is 6.17. The second-order valence-corrected chi connectivity index (χ2v) is 4.43. The number of carbonyl (C=O) groups excluding carboxylic acids is 2. The van der Waals surface area contributed by atoms with Gasteiger partial charge in [0.25, 0.3) is 0 Å². The van der Waals surface area contributed by atoms with Crippen LogP contribution in [0.4, 0.5) is 0 Å². The Kier molecular flexibility index (Phi) is 6.23. The maximum Gasteiger partial charge on any atom is 0.242 e. The van der Waals surface area contributed by atoms with E-state index in [1.807, 2.05) is 0 Å². The summed E-state index contributed by atoms with van der Waals surface area (Å²) in [5, 5.41) is 5.57. The van der Waals surface area contributed by atoms with Crippen molar-refractivity contribution < 1.29 is 9.59 Å². The van der Waals surface area contributed by atoms with Gasteiger partial charge in [-0.1, -0.05) is 0 Å². The van der Waals surface area contributed by atoms with Gasteiger partial charge in [-0.25, -0.2) is 0 Å². The summed E-state index contributed by atoms with van der Waals surface area (Å²) in [6, 6.07) is -0.342. The second kappa shape index (κ2) is 7.49. The number of hydrogen-bond acceptors (Lipinski definition) is 2. The molecule has 0 aromatic carbocycles. The fraction of sp³-hybridized carbons (Fsp3) is 0.818. The molecule has 2 N–H and O–H groups in total. The van der Waals surface area contributed by atoms with E-state index < -0.39 is 0 Å². The Labute approximate surface area is 101 Å². The molecule has 1 saturated heterocycles. The number of alkyl halides is 1. The lowest BCUT2D eigenvalue weighted by molar-refractivity contribution is -0.128. The second-order valence-electron chi connectivity index (χ2n) is 4.05. The molecule has 0 spiro atoms. The topological polar surface area (TPSA) is 58.2 Å². The van der Waals surface area contributed by atoms with E-state index in [0.29, 0.717) is 12.3 Å². The van der Waals surface area contributed by atoms with Crippen molar-refractivity contribution in [1.29, 1.82) is 0 Å². The van der Waals surface area contributed by atoms with E-state index in [0.717, 1.165) is 38.6 Å². The molecule has 0 saturated carbocycles. The number of unbranched alkanes of at least 4 members (excludes halogenated alkanes) is 1. The van der Waals surface area contributed by atoms with Gasteiger partial charge in [0.1, 0.15) is 6.04 Å². The Morgan fingerprint density at radius 1 is 1.44 bits per heavy atom. The van der Waals surface area contributed by atoms with Gasteiger partial charge in [0.05, 0.1) is 0 Å². The summed E-state index contributed by atoms with van der Waals surface area (Å²) in [5.41, 5.74) is 0. The molecule has 0 bridgehead atoms. The van der Waals surface area contributed by atoms with Crippen molar-refractivity contribution in [2.75, 3.05) is 12.4 Å². The number of amides is 2. The lowest BCUT2D eigenvalue weighted by atomic mass is 10.1. The van der Waals surface area contributed by atoms with Crippen LogP contribution in [-0.4, -0.2) is 30.3 Å². The number of nitrogens with one attached hydrogen (secondary N) is 2. The zero-order valence-electron chi connectivity index (χ0n) is 9.43. The molecule has 0 aliphatic carbocycles. The van der Waals surface area contributed by atoms with Crippen molar-refractivity contribution in [1.82, 2.24) is 10.6 Å². The Morgan fingerprint density at radius 3 is 3.00 bits per heavy atom. The van der Waals surface area contributed by atoms with Gasteiger partial charge in [0.15, 0.2) is 0 Å². The monoisotopic (exact) mass is 246 g/mol. The standard InChI is InChI=1S/C11H19ClN2O2/c12-7-3-1-6-10(15)14-9-5-2-4-8-13-11(9)16/h9H,1-8H2,(H,13,16)(H,14,15). The number of hydrogen-bond donors (Lipinski definition) is 2. The largest absolute Gasteiger partial charge is 0.354 e. The average molecular weight is 247 g/mol. The molecule has 1 unspecified atom stereocenters. The molecule has 16 heavy (non-hydrogen) atoms. The molecular weight excluding hydrogens is 228 g/mol. The van der Waals surface area contributed by atoms with Crippen molar-refractivity contribution in [3.63, 3.8) is 0 Å². The van der Waals surface area contributed by atoms with Gasteiger partial charge < -0.3 is 10.6 Å². The smallest absolute Gasteiger partial charge is 0.242 e. The first-order chi connectivity index (χ1) is 7.74. The SMILES string of the molecule is O=C(CCCCCl)NC1CCCCNC1=O. The number of halogens is 1. The third kappa shape index (κ3) is 4.84. The predicted molar refractivity (Wildman–Crippen MR) is 63.4 cm³/mol. The van der Waals surface area contributed by atoms with E-state index in [4.69, 9.17) is 11.6 Å². The average Bonchev–Trinajstić information content (AvgIpc) is 2.45. The number of carbonyl (C=O) groups is 2. The molecule has 2 amide bonds. The first-order valence-corrected chi connectivity index (χ1v) is 6.40. The van der Waals surface area contributed by atoms with Gasteiger partial charge in [0, 0.05) is 18.8 Å². The normalized spacial score (nSPS) is 21.1. The lowest BCUT2D eigenvalue weighted by Gasteiger charge is -2.14. The molecular formula is C11H19ClN2O2. The molecule has 92 valence electrons. The maximum absolute atomic E-state index is 11.5. The van der Waals surface area contributed by atoms with Gasteiger partial charge in [-0.3, -0.25) is 9.59 Å². The Morgan fingerprint density at radius 2 is 2.25 bits per heavy atom. The molecule has 4 nitrogen and oxygen atoms in total. The van der Waals surface area contributed by atoms with Crippen molar-refractivity contribution in [2.45, 2.75) is 44.6 Å². The maximum atomic E-state index is 11.5. The Bertz CT molecular complexity index is 246. The molecule has 1 fully saturated rings. The van der Waals surface area contributed by atoms with Crippen LogP contribution in [0.25, 0.3) is 0 Å². The summed E-state index contributed by atoms with van der Waals surface area (Å²) in [5.74, 6) is 0.479. The summed E-state index contributed by atoms with van der Waals surface area (Å²) in [7, 11) is 0. The zero-order valence-corrected chi connectivity index (χ0v) is 10.2. The fourth-order valence-corrected chi connectivity index (χ4v) is 1.91. The third-order valence-electron chi connectivity index (χ3n) is 2.66. The van der Waals surface area contributed by atoms with E-state index in [-0.39, 0.29) is 17.9 Å². The quantitative estimate of drug-likeness (QED) is 0.565. The van der Waals surface area contributed by atoms with E-state index in [9.17, 15) is 9.59 Å². The fourth-order valence-electron chi connectivity index (χ4n) is 1.72.